The summed E-state index contributed by atoms with van der Waals surface area (Å²) in [6, 6.07) is 0. The van der Waals surface area contributed by atoms with Crippen LogP contribution < -0.4 is 0 Å². The highest BCUT2D eigenvalue weighted by Gasteiger charge is 2.65. The Morgan fingerprint density at radius 2 is 1.93 bits per heavy atom. The van der Waals surface area contributed by atoms with E-state index in [0.717, 1.165) is 24.8 Å². The minimum atomic E-state index is -1.62. The Hall–Kier alpha value is -1.24. The summed E-state index contributed by atoms with van der Waals surface area (Å²) in [5.74, 6) is -1.68. The Labute approximate surface area is 159 Å². The molecule has 27 heavy (non-hydrogen) atoms. The summed E-state index contributed by atoms with van der Waals surface area (Å²) in [6.45, 7) is 4.09. The Balaban J connectivity index is 1.72. The number of rotatable bonds is 2. The highest BCUT2D eigenvalue weighted by Crippen LogP contribution is 2.67. The van der Waals surface area contributed by atoms with E-state index in [1.165, 1.54) is 0 Å². The Morgan fingerprint density at radius 3 is 2.59 bits per heavy atom. The number of allylic oxidation sites excluding steroid dienone is 1. The second-order valence-electron chi connectivity index (χ2n) is 9.78. The van der Waals surface area contributed by atoms with E-state index in [1.54, 1.807) is 6.08 Å². The third-order valence-corrected chi connectivity index (χ3v) is 8.60. The molecule has 4 aliphatic carbocycles. The Bertz CT molecular complexity index is 701. The lowest BCUT2D eigenvalue weighted by Crippen LogP contribution is -2.57. The molecular formula is C21H30O6. The van der Waals surface area contributed by atoms with Crippen molar-refractivity contribution in [2.75, 3.05) is 0 Å². The van der Waals surface area contributed by atoms with E-state index in [-0.39, 0.29) is 29.0 Å². The normalized spacial score (nSPS) is 50.3. The highest BCUT2D eigenvalue weighted by atomic mass is 16.4. The molecule has 3 saturated carbocycles. The van der Waals surface area contributed by atoms with Crippen molar-refractivity contribution in [3.8, 4) is 0 Å². The molecule has 4 aliphatic rings. The fraction of sp³-hybridized carbons (Fsp3) is 0.810. The Morgan fingerprint density at radius 1 is 1.22 bits per heavy atom. The van der Waals surface area contributed by atoms with Crippen molar-refractivity contribution in [1.29, 1.82) is 0 Å². The lowest BCUT2D eigenvalue weighted by atomic mass is 9.46. The van der Waals surface area contributed by atoms with Crippen LogP contribution in [0, 0.1) is 34.5 Å². The fourth-order valence-corrected chi connectivity index (χ4v) is 7.47. The fourth-order valence-electron chi connectivity index (χ4n) is 7.47. The number of aliphatic carboxylic acids is 1. The van der Waals surface area contributed by atoms with E-state index in [1.807, 2.05) is 6.92 Å². The van der Waals surface area contributed by atoms with Gasteiger partial charge in [0.2, 0.25) is 0 Å². The summed E-state index contributed by atoms with van der Waals surface area (Å²) >= 11 is 0. The number of carboxylic acid groups (broad SMARTS) is 1. The third-order valence-electron chi connectivity index (χ3n) is 8.60. The summed E-state index contributed by atoms with van der Waals surface area (Å²) in [7, 11) is 0. The molecular weight excluding hydrogens is 348 g/mol. The monoisotopic (exact) mass is 378 g/mol. The molecule has 0 saturated heterocycles. The van der Waals surface area contributed by atoms with E-state index in [4.69, 9.17) is 0 Å². The van der Waals surface area contributed by atoms with Crippen LogP contribution in [-0.2, 0) is 9.59 Å². The number of hydrogen-bond donors (Lipinski definition) is 4. The molecule has 6 heteroatoms. The number of carbonyl (C=O) groups excluding carboxylic acids is 1. The van der Waals surface area contributed by atoms with Crippen LogP contribution in [0.1, 0.15) is 52.4 Å². The molecule has 0 aromatic rings. The molecule has 0 amide bonds. The van der Waals surface area contributed by atoms with Gasteiger partial charge in [-0.15, -0.1) is 0 Å². The van der Waals surface area contributed by atoms with Crippen molar-refractivity contribution in [2.24, 2.45) is 34.5 Å². The molecule has 0 aromatic carbocycles. The van der Waals surface area contributed by atoms with Crippen molar-refractivity contribution in [1.82, 2.24) is 0 Å². The number of aliphatic hydroxyl groups is 3. The SMILES string of the molecule is C[C@]12C[C@H](O)[C@H]3[C@@H](CCC4=CC(=O)CC[C@@]43C)[C@@H]1C[C@@H](O)[C@@H]2C(O)C(=O)O. The summed E-state index contributed by atoms with van der Waals surface area (Å²) in [4.78, 5) is 23.3. The molecule has 150 valence electrons. The minimum absolute atomic E-state index is 0.0107. The second kappa shape index (κ2) is 6.13. The second-order valence-corrected chi connectivity index (χ2v) is 9.78. The number of carboxylic acids is 1. The van der Waals surface area contributed by atoms with Crippen molar-refractivity contribution < 1.29 is 30.0 Å². The van der Waals surface area contributed by atoms with Crippen LogP contribution in [-0.4, -0.2) is 50.5 Å². The van der Waals surface area contributed by atoms with Crippen LogP contribution in [0.2, 0.25) is 0 Å². The number of hydrogen-bond acceptors (Lipinski definition) is 5. The molecule has 0 spiro atoms. The summed E-state index contributed by atoms with van der Waals surface area (Å²) in [5.41, 5.74) is 0.314. The number of aliphatic hydroxyl groups excluding tert-OH is 3. The van der Waals surface area contributed by atoms with Gasteiger partial charge in [-0.3, -0.25) is 4.79 Å². The van der Waals surface area contributed by atoms with Crippen LogP contribution in [0.15, 0.2) is 11.6 Å². The molecule has 0 bridgehead atoms. The predicted molar refractivity (Wildman–Crippen MR) is 96.6 cm³/mol. The lowest BCUT2D eigenvalue weighted by molar-refractivity contribution is -0.166. The first-order chi connectivity index (χ1) is 12.6. The standard InChI is InChI=1S/C21H30O6/c1-20-6-5-11(22)7-10(20)3-4-12-13-8-14(23)17(18(25)19(26)27)21(13,2)9-15(24)16(12)20/h7,12-18,23-25H,3-6,8-9H2,1-2H3,(H,26,27)/t12-,13-,14+,15-,16+,17+,18?,20-,21-/m0/s1. The molecule has 6 nitrogen and oxygen atoms in total. The zero-order valence-corrected chi connectivity index (χ0v) is 16.0. The summed E-state index contributed by atoms with van der Waals surface area (Å²) in [6.07, 6.45) is 2.37. The average Bonchev–Trinajstić information content (AvgIpc) is 2.84. The van der Waals surface area contributed by atoms with E-state index < -0.39 is 35.6 Å². The van der Waals surface area contributed by atoms with Crippen LogP contribution in [0.3, 0.4) is 0 Å². The van der Waals surface area contributed by atoms with Crippen molar-refractivity contribution >= 4 is 11.8 Å². The predicted octanol–water partition coefficient (Wildman–Crippen LogP) is 1.52. The van der Waals surface area contributed by atoms with Gasteiger partial charge in [0.25, 0.3) is 0 Å². The zero-order chi connectivity index (χ0) is 19.7. The molecule has 4 rings (SSSR count). The van der Waals surface area contributed by atoms with Crippen LogP contribution in [0.4, 0.5) is 0 Å². The van der Waals surface area contributed by atoms with Gasteiger partial charge >= 0.3 is 5.97 Å². The summed E-state index contributed by atoms with van der Waals surface area (Å²) in [5, 5.41) is 41.4. The molecule has 0 aromatic heterocycles. The van der Waals surface area contributed by atoms with Gasteiger partial charge in [-0.1, -0.05) is 19.4 Å². The molecule has 0 radical (unpaired) electrons. The minimum Gasteiger partial charge on any atom is -0.479 e. The van der Waals surface area contributed by atoms with Gasteiger partial charge in [0, 0.05) is 12.3 Å². The van der Waals surface area contributed by atoms with E-state index >= 15 is 0 Å². The van der Waals surface area contributed by atoms with Crippen LogP contribution >= 0.6 is 0 Å². The lowest BCUT2D eigenvalue weighted by Gasteiger charge is -2.59. The quantitative estimate of drug-likeness (QED) is 0.579. The maximum atomic E-state index is 11.9. The Kier molecular flexibility index (Phi) is 4.33. The molecule has 4 N–H and O–H groups in total. The maximum Gasteiger partial charge on any atom is 0.332 e. The van der Waals surface area contributed by atoms with Crippen molar-refractivity contribution in [3.63, 3.8) is 0 Å². The maximum absolute atomic E-state index is 11.9. The largest absolute Gasteiger partial charge is 0.479 e. The van der Waals surface area contributed by atoms with Gasteiger partial charge in [-0.2, -0.15) is 0 Å². The number of carbonyl (C=O) groups is 2. The third kappa shape index (κ3) is 2.56. The van der Waals surface area contributed by atoms with Gasteiger partial charge in [-0.25, -0.2) is 4.79 Å². The van der Waals surface area contributed by atoms with Gasteiger partial charge in [-0.05, 0) is 66.8 Å². The molecule has 3 fully saturated rings. The summed E-state index contributed by atoms with van der Waals surface area (Å²) < 4.78 is 0. The smallest absolute Gasteiger partial charge is 0.332 e. The van der Waals surface area contributed by atoms with Gasteiger partial charge < -0.3 is 20.4 Å². The van der Waals surface area contributed by atoms with E-state index in [9.17, 15) is 30.0 Å². The first-order valence-corrected chi connectivity index (χ1v) is 10.1. The van der Waals surface area contributed by atoms with Gasteiger partial charge in [0.1, 0.15) is 0 Å². The molecule has 0 heterocycles. The average molecular weight is 378 g/mol. The van der Waals surface area contributed by atoms with Crippen molar-refractivity contribution in [2.45, 2.75) is 70.7 Å². The first kappa shape index (κ1) is 19.1. The van der Waals surface area contributed by atoms with E-state index in [0.29, 0.717) is 19.3 Å². The molecule has 9 atom stereocenters. The van der Waals surface area contributed by atoms with Gasteiger partial charge in [0.05, 0.1) is 12.2 Å². The molecule has 0 aliphatic heterocycles. The topological polar surface area (TPSA) is 115 Å². The first-order valence-electron chi connectivity index (χ1n) is 10.1. The van der Waals surface area contributed by atoms with Crippen LogP contribution in [0.25, 0.3) is 0 Å². The van der Waals surface area contributed by atoms with Gasteiger partial charge in [0.15, 0.2) is 11.9 Å². The van der Waals surface area contributed by atoms with Crippen molar-refractivity contribution in [3.05, 3.63) is 11.6 Å². The number of ketones is 1. The highest BCUT2D eigenvalue weighted by molar-refractivity contribution is 5.91. The van der Waals surface area contributed by atoms with Crippen LogP contribution in [0.5, 0.6) is 0 Å². The number of fused-ring (bicyclic) bond motifs is 5. The molecule has 1 unspecified atom stereocenters. The van der Waals surface area contributed by atoms with E-state index in [2.05, 4.69) is 6.92 Å². The zero-order valence-electron chi connectivity index (χ0n) is 16.0.